The van der Waals surface area contributed by atoms with Gasteiger partial charge in [0, 0.05) is 18.3 Å². The van der Waals surface area contributed by atoms with Gasteiger partial charge >= 0.3 is 6.09 Å². The van der Waals surface area contributed by atoms with Crippen molar-refractivity contribution in [1.82, 2.24) is 10.3 Å². The molecule has 0 aliphatic carbocycles. The normalized spacial score (nSPS) is 13.1. The number of aliphatic hydroxyl groups is 2. The van der Waals surface area contributed by atoms with Crippen LogP contribution in [-0.4, -0.2) is 33.9 Å². The summed E-state index contributed by atoms with van der Waals surface area (Å²) in [5.74, 6) is -0.834. The van der Waals surface area contributed by atoms with Crippen molar-refractivity contribution < 1.29 is 24.1 Å². The van der Waals surface area contributed by atoms with Crippen LogP contribution in [0.15, 0.2) is 48.7 Å². The topological polar surface area (TPSA) is 91.7 Å². The quantitative estimate of drug-likeness (QED) is 0.673. The Balaban J connectivity index is 1.71. The molecular weight excluding hydrogens is 315 g/mol. The number of amides is 1. The molecule has 0 bridgehead atoms. The third-order valence-corrected chi connectivity index (χ3v) is 3.39. The second kappa shape index (κ2) is 8.95. The molecule has 0 spiro atoms. The zero-order valence-corrected chi connectivity index (χ0v) is 12.9. The van der Waals surface area contributed by atoms with Crippen LogP contribution in [0.25, 0.3) is 0 Å². The van der Waals surface area contributed by atoms with Gasteiger partial charge in [0.05, 0.1) is 6.10 Å². The van der Waals surface area contributed by atoms with Gasteiger partial charge in [0.2, 0.25) is 5.95 Å². The maximum atomic E-state index is 13.4. The summed E-state index contributed by atoms with van der Waals surface area (Å²) in [6, 6.07) is 12.0. The average Bonchev–Trinajstić information content (AvgIpc) is 2.60. The van der Waals surface area contributed by atoms with Crippen LogP contribution in [0.1, 0.15) is 23.7 Å². The Morgan fingerprint density at radius 1 is 1.21 bits per heavy atom. The lowest BCUT2D eigenvalue weighted by molar-refractivity contribution is 0.0112. The van der Waals surface area contributed by atoms with E-state index in [4.69, 9.17) is 4.74 Å². The van der Waals surface area contributed by atoms with Crippen LogP contribution in [0, 0.1) is 5.95 Å². The zero-order valence-electron chi connectivity index (χ0n) is 12.9. The number of ether oxygens (including phenoxy) is 1. The lowest BCUT2D eigenvalue weighted by Gasteiger charge is -2.18. The van der Waals surface area contributed by atoms with E-state index in [1.165, 1.54) is 18.3 Å². The Bertz CT molecular complexity index is 654. The van der Waals surface area contributed by atoms with Crippen molar-refractivity contribution in [1.29, 1.82) is 0 Å². The van der Waals surface area contributed by atoms with Gasteiger partial charge in [-0.3, -0.25) is 0 Å². The number of nitrogens with zero attached hydrogens (tertiary/aromatic N) is 1. The smallest absolute Gasteiger partial charge is 0.407 e. The van der Waals surface area contributed by atoms with E-state index in [2.05, 4.69) is 10.3 Å². The molecule has 1 amide bonds. The van der Waals surface area contributed by atoms with E-state index in [0.717, 1.165) is 5.56 Å². The molecule has 6 nitrogen and oxygen atoms in total. The number of hydrogen-bond acceptors (Lipinski definition) is 5. The first-order valence-corrected chi connectivity index (χ1v) is 7.49. The van der Waals surface area contributed by atoms with Crippen molar-refractivity contribution >= 4 is 6.09 Å². The zero-order chi connectivity index (χ0) is 17.4. The third-order valence-electron chi connectivity index (χ3n) is 3.39. The van der Waals surface area contributed by atoms with Crippen LogP contribution in [0.3, 0.4) is 0 Å². The monoisotopic (exact) mass is 334 g/mol. The molecule has 1 aromatic carbocycles. The molecule has 1 aromatic heterocycles. The van der Waals surface area contributed by atoms with Gasteiger partial charge in [-0.2, -0.15) is 4.39 Å². The summed E-state index contributed by atoms with van der Waals surface area (Å²) in [5, 5.41) is 22.3. The molecule has 0 saturated heterocycles. The van der Waals surface area contributed by atoms with Crippen LogP contribution in [-0.2, 0) is 11.3 Å². The Morgan fingerprint density at radius 2 is 1.96 bits per heavy atom. The number of alkyl carbamates (subject to hydrolysis) is 1. The lowest BCUT2D eigenvalue weighted by atomic mass is 10.0. The predicted octanol–water partition coefficient (Wildman–Crippen LogP) is 1.93. The molecule has 24 heavy (non-hydrogen) atoms. The maximum Gasteiger partial charge on any atom is 0.407 e. The molecule has 0 saturated carbocycles. The largest absolute Gasteiger partial charge is 0.445 e. The molecule has 1 heterocycles. The highest BCUT2D eigenvalue weighted by molar-refractivity contribution is 5.67. The molecule has 2 atom stereocenters. The second-order valence-electron chi connectivity index (χ2n) is 5.17. The van der Waals surface area contributed by atoms with Gasteiger partial charge in [0.25, 0.3) is 0 Å². The molecule has 3 N–H and O–H groups in total. The van der Waals surface area contributed by atoms with E-state index in [1.807, 2.05) is 30.3 Å². The van der Waals surface area contributed by atoms with Crippen LogP contribution in [0.2, 0.25) is 0 Å². The van der Waals surface area contributed by atoms with Gasteiger partial charge in [0.15, 0.2) is 0 Å². The minimum absolute atomic E-state index is 0.0376. The van der Waals surface area contributed by atoms with Crippen LogP contribution in [0.5, 0.6) is 0 Å². The summed E-state index contributed by atoms with van der Waals surface area (Å²) >= 11 is 0. The third kappa shape index (κ3) is 5.29. The highest BCUT2D eigenvalue weighted by Gasteiger charge is 2.21. The molecule has 2 unspecified atom stereocenters. The number of pyridine rings is 1. The molecule has 2 rings (SSSR count). The van der Waals surface area contributed by atoms with Crippen molar-refractivity contribution in [3.05, 3.63) is 65.7 Å². The number of nitrogens with one attached hydrogen (secondary N) is 1. The average molecular weight is 334 g/mol. The minimum atomic E-state index is -1.42. The first-order chi connectivity index (χ1) is 11.6. The van der Waals surface area contributed by atoms with E-state index < -0.39 is 24.2 Å². The van der Waals surface area contributed by atoms with Gasteiger partial charge < -0.3 is 20.3 Å². The first-order valence-electron chi connectivity index (χ1n) is 7.49. The van der Waals surface area contributed by atoms with E-state index >= 15 is 0 Å². The van der Waals surface area contributed by atoms with Crippen LogP contribution >= 0.6 is 0 Å². The second-order valence-corrected chi connectivity index (χ2v) is 5.17. The summed E-state index contributed by atoms with van der Waals surface area (Å²) in [4.78, 5) is 15.0. The van der Waals surface area contributed by atoms with Crippen LogP contribution < -0.4 is 5.32 Å². The van der Waals surface area contributed by atoms with E-state index in [1.54, 1.807) is 0 Å². The molecular formula is C17H19FN2O4. The predicted molar refractivity (Wildman–Crippen MR) is 84.4 cm³/mol. The van der Waals surface area contributed by atoms with E-state index in [-0.39, 0.29) is 25.1 Å². The van der Waals surface area contributed by atoms with Crippen molar-refractivity contribution in [2.45, 2.75) is 25.2 Å². The number of halogens is 1. The molecule has 7 heteroatoms. The number of carbonyl (C=O) groups is 1. The highest BCUT2D eigenvalue weighted by atomic mass is 19.1. The van der Waals surface area contributed by atoms with Gasteiger partial charge in [-0.15, -0.1) is 0 Å². The molecule has 0 aliphatic rings. The fraction of sp³-hybridized carbons (Fsp3) is 0.294. The van der Waals surface area contributed by atoms with Gasteiger partial charge in [-0.05, 0) is 18.1 Å². The highest BCUT2D eigenvalue weighted by Crippen LogP contribution is 2.20. The Kier molecular flexibility index (Phi) is 6.65. The van der Waals surface area contributed by atoms with Gasteiger partial charge in [-0.1, -0.05) is 36.4 Å². The van der Waals surface area contributed by atoms with Gasteiger partial charge in [-0.25, -0.2) is 9.78 Å². The first kappa shape index (κ1) is 17.8. The fourth-order valence-electron chi connectivity index (χ4n) is 2.08. The van der Waals surface area contributed by atoms with E-state index in [9.17, 15) is 19.4 Å². The number of carbonyl (C=O) groups excluding carboxylic acids is 1. The molecule has 0 radical (unpaired) electrons. The number of hydrogen-bond donors (Lipinski definition) is 3. The van der Waals surface area contributed by atoms with Crippen molar-refractivity contribution in [3.63, 3.8) is 0 Å². The van der Waals surface area contributed by atoms with Gasteiger partial charge in [0.1, 0.15) is 12.7 Å². The molecule has 2 aromatic rings. The maximum absolute atomic E-state index is 13.4. The minimum Gasteiger partial charge on any atom is -0.445 e. The summed E-state index contributed by atoms with van der Waals surface area (Å²) < 4.78 is 18.5. The number of benzene rings is 1. The summed E-state index contributed by atoms with van der Waals surface area (Å²) in [7, 11) is 0. The molecule has 128 valence electrons. The summed E-state index contributed by atoms with van der Waals surface area (Å²) in [5.41, 5.74) is 0.770. The van der Waals surface area contributed by atoms with Crippen molar-refractivity contribution in [2.24, 2.45) is 0 Å². The Morgan fingerprint density at radius 3 is 2.67 bits per heavy atom. The Hall–Kier alpha value is -2.51. The summed E-state index contributed by atoms with van der Waals surface area (Å²) in [6.07, 6.45) is -2.00. The van der Waals surface area contributed by atoms with Crippen molar-refractivity contribution in [3.8, 4) is 0 Å². The fourth-order valence-corrected chi connectivity index (χ4v) is 2.08. The van der Waals surface area contributed by atoms with Crippen LogP contribution in [0.4, 0.5) is 9.18 Å². The SMILES string of the molecule is O=C(NCCC(O)C(O)c1cccnc1F)OCc1ccccc1. The number of rotatable bonds is 7. The number of aromatic nitrogens is 1. The Labute approximate surface area is 138 Å². The summed E-state index contributed by atoms with van der Waals surface area (Å²) in [6.45, 7) is 0.215. The molecule has 0 fully saturated rings. The van der Waals surface area contributed by atoms with E-state index in [0.29, 0.717) is 0 Å². The lowest BCUT2D eigenvalue weighted by Crippen LogP contribution is -2.30. The van der Waals surface area contributed by atoms with Crippen molar-refractivity contribution in [2.75, 3.05) is 6.54 Å². The number of aliphatic hydroxyl groups excluding tert-OH is 2. The standard InChI is InChI=1S/C17H19FN2O4/c18-16-13(7-4-9-19-16)15(22)14(21)8-10-20-17(23)24-11-12-5-2-1-3-6-12/h1-7,9,14-15,21-22H,8,10-11H2,(H,20,23). The molecule has 0 aliphatic heterocycles.